The Morgan fingerprint density at radius 2 is 1.40 bits per heavy atom. The molecule has 230 valence electrons. The molecule has 1 amide bonds. The van der Waals surface area contributed by atoms with Crippen LogP contribution in [0.2, 0.25) is 5.02 Å². The maximum absolute atomic E-state index is 14.4. The summed E-state index contributed by atoms with van der Waals surface area (Å²) >= 11 is 8.75. The Morgan fingerprint density at radius 1 is 0.800 bits per heavy atom. The third-order valence-corrected chi connectivity index (χ3v) is 9.69. The van der Waals surface area contributed by atoms with Crippen LogP contribution in [-0.4, -0.2) is 64.8 Å². The Bertz CT molecular complexity index is 1670. The lowest BCUT2D eigenvalue weighted by Gasteiger charge is -2.33. The van der Waals surface area contributed by atoms with Gasteiger partial charge in [-0.05, 0) is 74.0 Å². The van der Waals surface area contributed by atoms with Crippen LogP contribution in [-0.2, 0) is 0 Å². The lowest BCUT2D eigenvalue weighted by Crippen LogP contribution is -2.39. The molecule has 0 spiro atoms. The number of ketones is 1. The van der Waals surface area contributed by atoms with Crippen molar-refractivity contribution >= 4 is 46.6 Å². The third-order valence-electron chi connectivity index (χ3n) is 7.55. The van der Waals surface area contributed by atoms with Crippen LogP contribution >= 0.6 is 34.9 Å². The lowest BCUT2D eigenvalue weighted by atomic mass is 9.76. The van der Waals surface area contributed by atoms with Gasteiger partial charge in [-0.1, -0.05) is 119 Å². The first kappa shape index (κ1) is 32.6. The summed E-state index contributed by atoms with van der Waals surface area (Å²) in [5, 5.41) is 4.96. The first-order valence-corrected chi connectivity index (χ1v) is 16.8. The second-order valence-corrected chi connectivity index (χ2v) is 13.5. The van der Waals surface area contributed by atoms with Crippen molar-refractivity contribution in [3.8, 4) is 0 Å². The van der Waals surface area contributed by atoms with E-state index in [9.17, 15) is 9.59 Å². The zero-order valence-electron chi connectivity index (χ0n) is 25.3. The highest BCUT2D eigenvalue weighted by Crippen LogP contribution is 2.38. The van der Waals surface area contributed by atoms with Gasteiger partial charge in [0.05, 0.1) is 5.92 Å². The van der Waals surface area contributed by atoms with Crippen molar-refractivity contribution in [1.82, 2.24) is 19.4 Å². The maximum atomic E-state index is 14.4. The minimum absolute atomic E-state index is 0.0191. The molecule has 6 nitrogen and oxygen atoms in total. The number of carbonyl (C=O) groups excluding carboxylic acids is 2. The number of benzene rings is 4. The summed E-state index contributed by atoms with van der Waals surface area (Å²) in [5.41, 5.74) is 2.87. The van der Waals surface area contributed by atoms with Gasteiger partial charge in [0.25, 0.3) is 5.91 Å². The van der Waals surface area contributed by atoms with Crippen LogP contribution in [0.3, 0.4) is 0 Å². The predicted octanol–water partition coefficient (Wildman–Crippen LogP) is 8.19. The van der Waals surface area contributed by atoms with Gasteiger partial charge in [0, 0.05) is 34.5 Å². The Balaban J connectivity index is 1.54. The molecule has 2 unspecified atom stereocenters. The van der Waals surface area contributed by atoms with E-state index >= 15 is 0 Å². The summed E-state index contributed by atoms with van der Waals surface area (Å²) in [6.45, 7) is 1.65. The van der Waals surface area contributed by atoms with E-state index in [2.05, 4.69) is 14.5 Å². The molecular weight excluding hydrogens is 620 g/mol. The van der Waals surface area contributed by atoms with Crippen molar-refractivity contribution < 1.29 is 9.59 Å². The van der Waals surface area contributed by atoms with Crippen molar-refractivity contribution in [2.75, 3.05) is 33.7 Å². The van der Waals surface area contributed by atoms with Gasteiger partial charge >= 0.3 is 0 Å². The number of Topliss-reactive ketones (excluding diaryl/α,β-unsaturated/α-hetero) is 1. The van der Waals surface area contributed by atoms with Gasteiger partial charge in [-0.3, -0.25) is 9.59 Å². The Labute approximate surface area is 278 Å². The maximum Gasteiger partial charge on any atom is 0.276 e. The average molecular weight is 655 g/mol. The fraction of sp³-hybridized carbons (Fsp3) is 0.222. The van der Waals surface area contributed by atoms with Crippen LogP contribution in [0.4, 0.5) is 0 Å². The molecule has 0 aliphatic rings. The Morgan fingerprint density at radius 3 is 2.02 bits per heavy atom. The zero-order valence-corrected chi connectivity index (χ0v) is 27.6. The molecule has 0 fully saturated rings. The minimum Gasteiger partial charge on any atom is -0.336 e. The molecule has 1 heterocycles. The van der Waals surface area contributed by atoms with Gasteiger partial charge in [0.1, 0.15) is 4.21 Å². The van der Waals surface area contributed by atoms with Gasteiger partial charge in [-0.2, -0.15) is 0 Å². The number of halogens is 1. The van der Waals surface area contributed by atoms with Crippen LogP contribution in [0.5, 0.6) is 0 Å². The van der Waals surface area contributed by atoms with Crippen molar-refractivity contribution in [3.63, 3.8) is 0 Å². The Hall–Kier alpha value is -3.82. The Kier molecular flexibility index (Phi) is 11.5. The predicted molar refractivity (Wildman–Crippen MR) is 184 cm³/mol. The largest absolute Gasteiger partial charge is 0.336 e. The van der Waals surface area contributed by atoms with Gasteiger partial charge in [0.15, 0.2) is 11.5 Å². The summed E-state index contributed by atoms with van der Waals surface area (Å²) in [5.74, 6) is -1.01. The quantitative estimate of drug-likeness (QED) is 0.113. The first-order chi connectivity index (χ1) is 21.9. The second kappa shape index (κ2) is 16.0. The summed E-state index contributed by atoms with van der Waals surface area (Å²) in [7, 11) is 4.04. The molecule has 0 N–H and O–H groups in total. The molecule has 2 atom stereocenters. The highest BCUT2D eigenvalue weighted by Gasteiger charge is 2.35. The fourth-order valence-electron chi connectivity index (χ4n) is 5.34. The molecule has 0 aliphatic carbocycles. The summed E-state index contributed by atoms with van der Waals surface area (Å²) in [6, 6.07) is 36.8. The van der Waals surface area contributed by atoms with Crippen molar-refractivity contribution in [2.24, 2.45) is 0 Å². The van der Waals surface area contributed by atoms with E-state index in [0.29, 0.717) is 29.4 Å². The van der Waals surface area contributed by atoms with Crippen LogP contribution in [0, 0.1) is 0 Å². The zero-order chi connectivity index (χ0) is 31.6. The number of amides is 1. The SMILES string of the molecule is CN(C)CCCN(CC(c1ccccc1)C(C(=O)c1ccccc1)c1ccccc1)C(=O)c1nnsc1Sc1ccc(Cl)cc1. The monoisotopic (exact) mass is 654 g/mol. The second-order valence-electron chi connectivity index (χ2n) is 11.0. The molecule has 0 bridgehead atoms. The van der Waals surface area contributed by atoms with E-state index in [1.165, 1.54) is 23.3 Å². The van der Waals surface area contributed by atoms with E-state index in [-0.39, 0.29) is 17.6 Å². The van der Waals surface area contributed by atoms with Gasteiger partial charge in [0.2, 0.25) is 0 Å². The fourth-order valence-corrected chi connectivity index (χ4v) is 7.13. The standard InChI is InChI=1S/C36H35ClN4O2S2/c1-40(2)23-12-24-41(35(43)33-36(45-39-38-33)44-30-21-19-29(37)20-22-30)25-31(26-13-6-3-7-14-26)32(27-15-8-4-9-16-27)34(42)28-17-10-5-11-18-28/h3-11,13-22,31-32H,12,23-25H2,1-2H3. The van der Waals surface area contributed by atoms with Crippen LogP contribution < -0.4 is 0 Å². The lowest BCUT2D eigenvalue weighted by molar-refractivity contribution is 0.0713. The molecule has 1 aromatic heterocycles. The summed E-state index contributed by atoms with van der Waals surface area (Å²) < 4.78 is 4.89. The van der Waals surface area contributed by atoms with E-state index in [4.69, 9.17) is 11.6 Å². The van der Waals surface area contributed by atoms with Crippen LogP contribution in [0.1, 0.15) is 50.2 Å². The van der Waals surface area contributed by atoms with Gasteiger partial charge in [-0.15, -0.1) is 5.10 Å². The van der Waals surface area contributed by atoms with E-state index < -0.39 is 5.92 Å². The van der Waals surface area contributed by atoms with Gasteiger partial charge < -0.3 is 9.80 Å². The van der Waals surface area contributed by atoms with Crippen LogP contribution in [0.15, 0.2) is 124 Å². The molecule has 4 aromatic carbocycles. The van der Waals surface area contributed by atoms with Crippen molar-refractivity contribution in [2.45, 2.75) is 27.4 Å². The molecule has 5 aromatic rings. The molecule has 0 saturated heterocycles. The number of nitrogens with zero attached hydrogens (tertiary/aromatic N) is 4. The number of hydrogen-bond acceptors (Lipinski definition) is 7. The van der Waals surface area contributed by atoms with E-state index in [0.717, 1.165) is 33.2 Å². The number of carbonyl (C=O) groups is 2. The van der Waals surface area contributed by atoms with Crippen LogP contribution in [0.25, 0.3) is 0 Å². The highest BCUT2D eigenvalue weighted by molar-refractivity contribution is 8.01. The van der Waals surface area contributed by atoms with Gasteiger partial charge in [-0.25, -0.2) is 0 Å². The van der Waals surface area contributed by atoms with Crippen molar-refractivity contribution in [1.29, 1.82) is 0 Å². The average Bonchev–Trinajstić information content (AvgIpc) is 3.53. The van der Waals surface area contributed by atoms with E-state index in [1.807, 2.05) is 134 Å². The number of hydrogen-bond donors (Lipinski definition) is 0. The molecule has 0 aliphatic heterocycles. The smallest absolute Gasteiger partial charge is 0.276 e. The molecule has 0 radical (unpaired) electrons. The normalized spacial score (nSPS) is 12.5. The third kappa shape index (κ3) is 8.67. The molecule has 45 heavy (non-hydrogen) atoms. The van der Waals surface area contributed by atoms with E-state index in [1.54, 1.807) is 0 Å². The molecule has 9 heteroatoms. The van der Waals surface area contributed by atoms with Crippen molar-refractivity contribution in [3.05, 3.63) is 143 Å². The molecule has 5 rings (SSSR count). The summed E-state index contributed by atoms with van der Waals surface area (Å²) in [4.78, 5) is 33.7. The molecular formula is C36H35ClN4O2S2. The molecule has 0 saturated carbocycles. The minimum atomic E-state index is -0.517. The first-order valence-electron chi connectivity index (χ1n) is 14.8. The summed E-state index contributed by atoms with van der Waals surface area (Å²) in [6.07, 6.45) is 0.764. The highest BCUT2D eigenvalue weighted by atomic mass is 35.5. The topological polar surface area (TPSA) is 66.4 Å². The number of aromatic nitrogens is 2. The number of rotatable bonds is 14.